The molecule has 0 fully saturated rings. The molecule has 0 bridgehead atoms. The third-order valence-corrected chi connectivity index (χ3v) is 3.65. The van der Waals surface area contributed by atoms with Gasteiger partial charge in [0.15, 0.2) is 0 Å². The Kier molecular flexibility index (Phi) is 5.13. The fraction of sp³-hybridized carbons (Fsp3) is 0.125. The Morgan fingerprint density at radius 2 is 1.83 bits per heavy atom. The highest BCUT2D eigenvalue weighted by Crippen LogP contribution is 2.31. The molecule has 0 saturated carbocycles. The zero-order valence-electron chi connectivity index (χ0n) is 12.4. The molecule has 7 heteroatoms. The summed E-state index contributed by atoms with van der Waals surface area (Å²) >= 11 is 11.7. The first-order chi connectivity index (χ1) is 10.8. The smallest absolute Gasteiger partial charge is 0.275 e. The van der Waals surface area contributed by atoms with Gasteiger partial charge in [0.1, 0.15) is 11.5 Å². The molecule has 2 aromatic carbocycles. The number of rotatable bonds is 3. The van der Waals surface area contributed by atoms with Crippen molar-refractivity contribution in [1.29, 1.82) is 0 Å². The van der Waals surface area contributed by atoms with Gasteiger partial charge in [0, 0.05) is 10.6 Å². The number of aromatic hydroxyl groups is 2. The number of hydrazone groups is 1. The number of phenolic OH excluding ortho intramolecular Hbond substituents is 2. The van der Waals surface area contributed by atoms with E-state index in [1.165, 1.54) is 24.3 Å². The van der Waals surface area contributed by atoms with Gasteiger partial charge in [-0.1, -0.05) is 29.3 Å². The zero-order valence-corrected chi connectivity index (χ0v) is 13.9. The average molecular weight is 353 g/mol. The fourth-order valence-corrected chi connectivity index (χ4v) is 2.42. The molecule has 120 valence electrons. The van der Waals surface area contributed by atoms with E-state index in [9.17, 15) is 15.0 Å². The average Bonchev–Trinajstić information content (AvgIpc) is 2.48. The number of hydrogen-bond acceptors (Lipinski definition) is 4. The zero-order chi connectivity index (χ0) is 17.1. The molecule has 0 spiro atoms. The van der Waals surface area contributed by atoms with E-state index in [1.807, 2.05) is 0 Å². The van der Waals surface area contributed by atoms with Crippen LogP contribution in [0.15, 0.2) is 35.4 Å². The molecule has 0 unspecified atom stereocenters. The van der Waals surface area contributed by atoms with Gasteiger partial charge in [-0.2, -0.15) is 5.10 Å². The third-order valence-electron chi connectivity index (χ3n) is 3.14. The van der Waals surface area contributed by atoms with Crippen molar-refractivity contribution in [2.24, 2.45) is 5.10 Å². The number of carbonyl (C=O) groups is 1. The summed E-state index contributed by atoms with van der Waals surface area (Å²) < 4.78 is 0. The van der Waals surface area contributed by atoms with Crippen LogP contribution in [0.4, 0.5) is 0 Å². The predicted molar refractivity (Wildman–Crippen MR) is 90.6 cm³/mol. The second kappa shape index (κ2) is 6.89. The lowest BCUT2D eigenvalue weighted by Crippen LogP contribution is -2.19. The van der Waals surface area contributed by atoms with Gasteiger partial charge in [-0.05, 0) is 43.7 Å². The molecular formula is C16H14Cl2N2O3. The van der Waals surface area contributed by atoms with Gasteiger partial charge < -0.3 is 10.2 Å². The van der Waals surface area contributed by atoms with E-state index in [1.54, 1.807) is 19.9 Å². The minimum Gasteiger partial charge on any atom is -0.507 e. The van der Waals surface area contributed by atoms with Crippen LogP contribution in [-0.4, -0.2) is 21.8 Å². The lowest BCUT2D eigenvalue weighted by molar-refractivity contribution is 0.0952. The first-order valence-corrected chi connectivity index (χ1v) is 7.38. The van der Waals surface area contributed by atoms with E-state index in [-0.39, 0.29) is 22.1 Å². The number of hydrogen-bond donors (Lipinski definition) is 3. The number of benzene rings is 2. The van der Waals surface area contributed by atoms with Crippen LogP contribution in [0.1, 0.15) is 28.4 Å². The lowest BCUT2D eigenvalue weighted by Gasteiger charge is -2.08. The number of phenols is 2. The van der Waals surface area contributed by atoms with Crippen molar-refractivity contribution >= 4 is 34.8 Å². The first kappa shape index (κ1) is 17.1. The van der Waals surface area contributed by atoms with Crippen LogP contribution in [0, 0.1) is 6.92 Å². The maximum Gasteiger partial charge on any atom is 0.275 e. The minimum absolute atomic E-state index is 0.0876. The van der Waals surface area contributed by atoms with Gasteiger partial charge in [-0.15, -0.1) is 0 Å². The summed E-state index contributed by atoms with van der Waals surface area (Å²) in [6.45, 7) is 3.38. The van der Waals surface area contributed by atoms with Crippen molar-refractivity contribution in [3.63, 3.8) is 0 Å². The lowest BCUT2D eigenvalue weighted by atomic mass is 10.1. The highest BCUT2D eigenvalue weighted by molar-refractivity contribution is 6.36. The maximum atomic E-state index is 12.0. The van der Waals surface area contributed by atoms with Crippen molar-refractivity contribution in [2.45, 2.75) is 13.8 Å². The number of carbonyl (C=O) groups excluding carboxylic acids is 1. The number of nitrogens with one attached hydrogen (secondary N) is 1. The van der Waals surface area contributed by atoms with Gasteiger partial charge in [0.25, 0.3) is 5.91 Å². The van der Waals surface area contributed by atoms with Gasteiger partial charge >= 0.3 is 0 Å². The van der Waals surface area contributed by atoms with Crippen LogP contribution in [0.3, 0.4) is 0 Å². The van der Waals surface area contributed by atoms with E-state index in [4.69, 9.17) is 23.2 Å². The van der Waals surface area contributed by atoms with E-state index in [2.05, 4.69) is 10.5 Å². The summed E-state index contributed by atoms with van der Waals surface area (Å²) in [7, 11) is 0. The SMILES string of the molecule is CC(=NNC(=O)c1ccc(C)cc1O)c1cc(Cl)cc(Cl)c1O. The Morgan fingerprint density at radius 3 is 2.48 bits per heavy atom. The van der Waals surface area contributed by atoms with E-state index >= 15 is 0 Å². The Bertz CT molecular complexity index is 804. The predicted octanol–water partition coefficient (Wildman–Crippen LogP) is 3.87. The van der Waals surface area contributed by atoms with Crippen molar-refractivity contribution < 1.29 is 15.0 Å². The van der Waals surface area contributed by atoms with E-state index in [0.717, 1.165) is 5.56 Å². The van der Waals surface area contributed by atoms with Crippen molar-refractivity contribution in [2.75, 3.05) is 0 Å². The molecule has 0 aliphatic heterocycles. The van der Waals surface area contributed by atoms with Gasteiger partial charge in [-0.25, -0.2) is 5.43 Å². The second-order valence-electron chi connectivity index (χ2n) is 4.94. The normalized spacial score (nSPS) is 11.4. The maximum absolute atomic E-state index is 12.0. The second-order valence-corrected chi connectivity index (χ2v) is 5.79. The highest BCUT2D eigenvalue weighted by atomic mass is 35.5. The Labute approximate surface area is 143 Å². The van der Waals surface area contributed by atoms with Gasteiger partial charge in [0.2, 0.25) is 0 Å². The molecule has 0 saturated heterocycles. The van der Waals surface area contributed by atoms with Gasteiger partial charge in [-0.3, -0.25) is 4.79 Å². The number of aryl methyl sites for hydroxylation is 1. The third kappa shape index (κ3) is 3.94. The fourth-order valence-electron chi connectivity index (χ4n) is 1.93. The van der Waals surface area contributed by atoms with Crippen LogP contribution >= 0.6 is 23.2 Å². The summed E-state index contributed by atoms with van der Waals surface area (Å²) in [5, 5.41) is 24.0. The summed E-state index contributed by atoms with van der Waals surface area (Å²) in [5.74, 6) is -0.886. The van der Waals surface area contributed by atoms with Crippen LogP contribution in [0.2, 0.25) is 10.0 Å². The molecule has 2 rings (SSSR count). The molecule has 0 aliphatic carbocycles. The molecular weight excluding hydrogens is 339 g/mol. The number of nitrogens with zero attached hydrogens (tertiary/aromatic N) is 1. The van der Waals surface area contributed by atoms with Crippen molar-refractivity contribution in [3.05, 3.63) is 57.1 Å². The van der Waals surface area contributed by atoms with Crippen molar-refractivity contribution in [3.8, 4) is 11.5 Å². The molecule has 0 aromatic heterocycles. The topological polar surface area (TPSA) is 81.9 Å². The highest BCUT2D eigenvalue weighted by Gasteiger charge is 2.13. The Balaban J connectivity index is 2.24. The summed E-state index contributed by atoms with van der Waals surface area (Å²) in [4.78, 5) is 12.0. The van der Waals surface area contributed by atoms with E-state index < -0.39 is 5.91 Å². The van der Waals surface area contributed by atoms with Crippen molar-refractivity contribution in [1.82, 2.24) is 5.43 Å². The standard InChI is InChI=1S/C16H14Cl2N2O3/c1-8-3-4-11(14(21)5-8)16(23)20-19-9(2)12-6-10(17)7-13(18)15(12)22/h3-7,21-22H,1-2H3,(H,20,23). The molecule has 0 aliphatic rings. The molecule has 2 aromatic rings. The Morgan fingerprint density at radius 1 is 1.13 bits per heavy atom. The monoisotopic (exact) mass is 352 g/mol. The first-order valence-electron chi connectivity index (χ1n) is 6.62. The molecule has 23 heavy (non-hydrogen) atoms. The summed E-state index contributed by atoms with van der Waals surface area (Å²) in [6, 6.07) is 7.57. The summed E-state index contributed by atoms with van der Waals surface area (Å²) in [5.41, 5.74) is 3.86. The van der Waals surface area contributed by atoms with Crippen LogP contribution in [-0.2, 0) is 0 Å². The van der Waals surface area contributed by atoms with E-state index in [0.29, 0.717) is 16.3 Å². The minimum atomic E-state index is -0.575. The molecule has 0 atom stereocenters. The number of halogens is 2. The molecule has 0 heterocycles. The summed E-state index contributed by atoms with van der Waals surface area (Å²) in [6.07, 6.45) is 0. The molecule has 3 N–H and O–H groups in total. The molecule has 1 amide bonds. The molecule has 0 radical (unpaired) electrons. The molecule has 5 nitrogen and oxygen atoms in total. The largest absolute Gasteiger partial charge is 0.507 e. The van der Waals surface area contributed by atoms with Crippen LogP contribution in [0.25, 0.3) is 0 Å². The Hall–Kier alpha value is -2.24. The van der Waals surface area contributed by atoms with Crippen LogP contribution < -0.4 is 5.43 Å². The van der Waals surface area contributed by atoms with Crippen LogP contribution in [0.5, 0.6) is 11.5 Å². The quantitative estimate of drug-likeness (QED) is 0.579. The van der Waals surface area contributed by atoms with Gasteiger partial charge in [0.05, 0.1) is 16.3 Å². The number of amides is 1.